The van der Waals surface area contributed by atoms with E-state index in [1.807, 2.05) is 12.1 Å². The second kappa shape index (κ2) is 10.3. The summed E-state index contributed by atoms with van der Waals surface area (Å²) >= 11 is 0. The van der Waals surface area contributed by atoms with Crippen LogP contribution in [0.25, 0.3) is 11.0 Å². The average Bonchev–Trinajstić information content (AvgIpc) is 2.94. The molecule has 0 fully saturated rings. The zero-order valence-corrected chi connectivity index (χ0v) is 20.7. The molecule has 0 aliphatic carbocycles. The summed E-state index contributed by atoms with van der Waals surface area (Å²) in [5.41, 5.74) is 1.60. The van der Waals surface area contributed by atoms with Gasteiger partial charge in [-0.05, 0) is 47.9 Å². The van der Waals surface area contributed by atoms with Gasteiger partial charge in [-0.2, -0.15) is 0 Å². The molecule has 10 heteroatoms. The molecule has 0 saturated carbocycles. The van der Waals surface area contributed by atoms with E-state index in [1.54, 1.807) is 42.3 Å². The highest BCUT2D eigenvalue weighted by molar-refractivity contribution is 5.95. The number of ether oxygens (including phenoxy) is 3. The van der Waals surface area contributed by atoms with Crippen LogP contribution in [0.2, 0.25) is 0 Å². The Morgan fingerprint density at radius 2 is 1.79 bits per heavy atom. The van der Waals surface area contributed by atoms with Crippen LogP contribution in [0.4, 0.5) is 5.69 Å². The molecule has 1 aliphatic rings. The predicted molar refractivity (Wildman–Crippen MR) is 138 cm³/mol. The van der Waals surface area contributed by atoms with Crippen molar-refractivity contribution in [2.24, 2.45) is 0 Å². The number of carbonyl (C=O) groups excluding carboxylic acids is 1. The quantitative estimate of drug-likeness (QED) is 0.199. The Morgan fingerprint density at radius 3 is 2.55 bits per heavy atom. The van der Waals surface area contributed by atoms with Crippen LogP contribution in [0.3, 0.4) is 0 Å². The maximum absolute atomic E-state index is 13.7. The second-order valence-corrected chi connectivity index (χ2v) is 8.71. The maximum Gasteiger partial charge on any atom is 0.339 e. The number of methoxy groups -OCH3 is 2. The van der Waals surface area contributed by atoms with Crippen molar-refractivity contribution in [1.82, 2.24) is 4.90 Å². The molecule has 0 N–H and O–H groups in total. The number of hydrogen-bond donors (Lipinski definition) is 0. The lowest BCUT2D eigenvalue weighted by atomic mass is 9.91. The van der Waals surface area contributed by atoms with Crippen LogP contribution in [0.1, 0.15) is 27.5 Å². The number of carbonyl (C=O) groups is 1. The number of benzene rings is 3. The van der Waals surface area contributed by atoms with Gasteiger partial charge in [-0.1, -0.05) is 18.2 Å². The van der Waals surface area contributed by atoms with Crippen molar-refractivity contribution in [3.05, 3.63) is 104 Å². The highest BCUT2D eigenvalue weighted by Crippen LogP contribution is 2.39. The lowest BCUT2D eigenvalue weighted by Crippen LogP contribution is -2.42. The highest BCUT2D eigenvalue weighted by atomic mass is 16.6. The van der Waals surface area contributed by atoms with E-state index in [0.717, 1.165) is 11.1 Å². The van der Waals surface area contributed by atoms with Gasteiger partial charge in [0.15, 0.2) is 11.5 Å². The van der Waals surface area contributed by atoms with E-state index in [0.29, 0.717) is 41.2 Å². The Morgan fingerprint density at radius 1 is 1.03 bits per heavy atom. The smallest absolute Gasteiger partial charge is 0.339 e. The number of amides is 1. The first-order valence-corrected chi connectivity index (χ1v) is 11.9. The Bertz CT molecular complexity index is 1600. The van der Waals surface area contributed by atoms with Gasteiger partial charge in [-0.25, -0.2) is 4.79 Å². The Balaban J connectivity index is 1.56. The summed E-state index contributed by atoms with van der Waals surface area (Å²) in [6.45, 7) is 0.353. The number of nitro groups is 1. The van der Waals surface area contributed by atoms with Crippen LogP contribution in [-0.4, -0.2) is 43.1 Å². The van der Waals surface area contributed by atoms with Crippen molar-refractivity contribution in [3.8, 4) is 17.2 Å². The third-order valence-electron chi connectivity index (χ3n) is 6.58. The fourth-order valence-corrected chi connectivity index (χ4v) is 4.74. The number of nitro benzene ring substituents is 1. The van der Waals surface area contributed by atoms with Crippen molar-refractivity contribution in [3.63, 3.8) is 0 Å². The van der Waals surface area contributed by atoms with Crippen LogP contribution in [0.15, 0.2) is 75.9 Å². The molecular weight excluding hydrogens is 492 g/mol. The molecule has 1 aliphatic heterocycles. The number of rotatable bonds is 7. The molecule has 10 nitrogen and oxygen atoms in total. The van der Waals surface area contributed by atoms with Gasteiger partial charge >= 0.3 is 5.63 Å². The van der Waals surface area contributed by atoms with Crippen LogP contribution in [0.5, 0.6) is 17.2 Å². The lowest BCUT2D eigenvalue weighted by Gasteiger charge is -2.37. The Hall–Kier alpha value is -4.86. The first-order valence-electron chi connectivity index (χ1n) is 11.9. The summed E-state index contributed by atoms with van der Waals surface area (Å²) in [5, 5.41) is 11.9. The van der Waals surface area contributed by atoms with Gasteiger partial charge in [0.05, 0.1) is 36.6 Å². The number of nitrogens with zero attached hydrogens (tertiary/aromatic N) is 2. The predicted octanol–water partition coefficient (Wildman–Crippen LogP) is 4.54. The average molecular weight is 517 g/mol. The van der Waals surface area contributed by atoms with Gasteiger partial charge in [-0.3, -0.25) is 14.9 Å². The molecule has 38 heavy (non-hydrogen) atoms. The van der Waals surface area contributed by atoms with Gasteiger partial charge in [-0.15, -0.1) is 0 Å². The largest absolute Gasteiger partial charge is 0.493 e. The molecule has 0 bridgehead atoms. The summed E-state index contributed by atoms with van der Waals surface area (Å²) in [6, 6.07) is 17.0. The number of para-hydroxylation sites is 1. The summed E-state index contributed by atoms with van der Waals surface area (Å²) in [4.78, 5) is 38.2. The fraction of sp³-hybridized carbons (Fsp3) is 0.214. The Kier molecular flexibility index (Phi) is 6.69. The molecule has 0 spiro atoms. The number of hydrogen-bond acceptors (Lipinski definition) is 8. The topological polar surface area (TPSA) is 121 Å². The van der Waals surface area contributed by atoms with E-state index in [1.165, 1.54) is 31.4 Å². The second-order valence-electron chi connectivity index (χ2n) is 8.71. The number of fused-ring (bicyclic) bond motifs is 2. The summed E-state index contributed by atoms with van der Waals surface area (Å²) in [5.74, 6) is 1.01. The van der Waals surface area contributed by atoms with Gasteiger partial charge in [0, 0.05) is 24.2 Å². The van der Waals surface area contributed by atoms with Crippen molar-refractivity contribution in [1.29, 1.82) is 0 Å². The summed E-state index contributed by atoms with van der Waals surface area (Å²) in [6.07, 6.45) is 0.532. The van der Waals surface area contributed by atoms with Crippen molar-refractivity contribution < 1.29 is 28.3 Å². The first-order chi connectivity index (χ1) is 18.4. The van der Waals surface area contributed by atoms with E-state index < -0.39 is 16.6 Å². The highest BCUT2D eigenvalue weighted by Gasteiger charge is 2.34. The molecule has 1 unspecified atom stereocenters. The van der Waals surface area contributed by atoms with E-state index in [4.69, 9.17) is 18.6 Å². The van der Waals surface area contributed by atoms with Gasteiger partial charge < -0.3 is 23.5 Å². The minimum absolute atomic E-state index is 0.0105. The van der Waals surface area contributed by atoms with Crippen LogP contribution in [0, 0.1) is 10.1 Å². The summed E-state index contributed by atoms with van der Waals surface area (Å²) < 4.78 is 22.4. The molecule has 3 aromatic carbocycles. The molecular formula is C28H24N2O8. The van der Waals surface area contributed by atoms with E-state index in [9.17, 15) is 19.7 Å². The molecule has 4 aromatic rings. The van der Waals surface area contributed by atoms with Crippen molar-refractivity contribution in [2.45, 2.75) is 12.5 Å². The van der Waals surface area contributed by atoms with Crippen LogP contribution < -0.4 is 19.8 Å². The van der Waals surface area contributed by atoms with Crippen LogP contribution >= 0.6 is 0 Å². The minimum atomic E-state index is -0.587. The van der Waals surface area contributed by atoms with Gasteiger partial charge in [0.1, 0.15) is 17.9 Å². The van der Waals surface area contributed by atoms with E-state index in [-0.39, 0.29) is 23.8 Å². The zero-order chi connectivity index (χ0) is 26.8. The molecule has 2 heterocycles. The number of non-ortho nitro benzene ring substituents is 1. The lowest BCUT2D eigenvalue weighted by molar-refractivity contribution is -0.384. The molecule has 5 rings (SSSR count). The minimum Gasteiger partial charge on any atom is -0.493 e. The third-order valence-corrected chi connectivity index (χ3v) is 6.58. The fourth-order valence-electron chi connectivity index (χ4n) is 4.74. The first kappa shape index (κ1) is 24.8. The molecule has 194 valence electrons. The molecule has 1 aromatic heterocycles. The van der Waals surface area contributed by atoms with Gasteiger partial charge in [0.2, 0.25) is 0 Å². The Labute approximate surface area is 217 Å². The standard InChI is InChI=1S/C28H24N2O8/c1-35-25-13-17-10-11-29(28(32)18-6-5-7-19(12-18)30(33)34)22(21(17)14-26(25)36-2)16-37-24-15-27(31)38-23-9-4-3-8-20(23)24/h3-9,12-15,22H,10-11,16H2,1-2H3. The third kappa shape index (κ3) is 4.63. The monoisotopic (exact) mass is 516 g/mol. The van der Waals surface area contributed by atoms with E-state index in [2.05, 4.69) is 0 Å². The SMILES string of the molecule is COc1cc2c(cc1OC)C(COc1cc(=O)oc3ccccc13)N(C(=O)c1cccc([N+](=O)[O-])c1)CC2. The molecule has 1 atom stereocenters. The normalized spacial score (nSPS) is 14.6. The van der Waals surface area contributed by atoms with Gasteiger partial charge in [0.25, 0.3) is 11.6 Å². The van der Waals surface area contributed by atoms with Crippen molar-refractivity contribution in [2.75, 3.05) is 27.4 Å². The molecule has 0 saturated heterocycles. The maximum atomic E-state index is 13.7. The molecule has 0 radical (unpaired) electrons. The van der Waals surface area contributed by atoms with Crippen molar-refractivity contribution >= 4 is 22.6 Å². The van der Waals surface area contributed by atoms with Crippen LogP contribution in [-0.2, 0) is 6.42 Å². The molecule has 1 amide bonds. The zero-order valence-electron chi connectivity index (χ0n) is 20.7. The summed E-state index contributed by atoms with van der Waals surface area (Å²) in [7, 11) is 3.08. The van der Waals surface area contributed by atoms with E-state index >= 15 is 0 Å².